The van der Waals surface area contributed by atoms with Crippen LogP contribution in [0.5, 0.6) is 11.5 Å². The van der Waals surface area contributed by atoms with E-state index in [2.05, 4.69) is 30.3 Å². The number of nitrogens with zero attached hydrogens (tertiary/aromatic N) is 7. The number of nitrogens with one attached hydrogen (secondary N) is 1. The number of pyridine rings is 1. The highest BCUT2D eigenvalue weighted by Gasteiger charge is 2.35. The second kappa shape index (κ2) is 10.6. The number of nitro benzene ring substituents is 1. The first-order valence-electron chi connectivity index (χ1n) is 12.9. The molecule has 3 heterocycles. The standard InChI is InChI=1S/C27H32N8O5/c1-27(2,3)34-25(29-30-31-34)24(20-14-17-15-22(39-4)23(40-5)16-21(17)28-26(20)36)33-12-10-32(11-13-33)18-6-8-19(9-7-18)35(37)38/h6-9,14-16,24H,10-13H2,1-5H3,(H,28,36)/t24-/m0/s1. The van der Waals surface area contributed by atoms with Gasteiger partial charge in [-0.25, -0.2) is 4.68 Å². The lowest BCUT2D eigenvalue weighted by Crippen LogP contribution is -2.49. The number of tetrazole rings is 1. The fraction of sp³-hybridized carbons (Fsp3) is 0.407. The van der Waals surface area contributed by atoms with Gasteiger partial charge in [0.2, 0.25) is 0 Å². The zero-order valence-corrected chi connectivity index (χ0v) is 23.1. The molecule has 1 fully saturated rings. The van der Waals surface area contributed by atoms with Gasteiger partial charge in [-0.2, -0.15) is 0 Å². The van der Waals surface area contributed by atoms with Crippen LogP contribution >= 0.6 is 0 Å². The second-order valence-electron chi connectivity index (χ2n) is 10.7. The van der Waals surface area contributed by atoms with Crippen LogP contribution in [0.2, 0.25) is 0 Å². The molecule has 13 nitrogen and oxygen atoms in total. The molecule has 4 aromatic rings. The van der Waals surface area contributed by atoms with Gasteiger partial charge in [0, 0.05) is 61.0 Å². The molecule has 2 aromatic carbocycles. The van der Waals surface area contributed by atoms with Crippen LogP contribution in [-0.2, 0) is 5.54 Å². The van der Waals surface area contributed by atoms with Crippen LogP contribution in [0.25, 0.3) is 10.9 Å². The highest BCUT2D eigenvalue weighted by molar-refractivity contribution is 5.83. The molecule has 1 N–H and O–H groups in total. The summed E-state index contributed by atoms with van der Waals surface area (Å²) in [6.45, 7) is 8.57. The molecule has 40 heavy (non-hydrogen) atoms. The summed E-state index contributed by atoms with van der Waals surface area (Å²) in [5.41, 5.74) is 1.45. The van der Waals surface area contributed by atoms with E-state index in [0.717, 1.165) is 11.1 Å². The highest BCUT2D eigenvalue weighted by atomic mass is 16.6. The van der Waals surface area contributed by atoms with E-state index in [0.29, 0.717) is 54.6 Å². The van der Waals surface area contributed by atoms with Gasteiger partial charge in [-0.05, 0) is 55.5 Å². The number of aromatic nitrogens is 5. The van der Waals surface area contributed by atoms with E-state index in [-0.39, 0.29) is 11.2 Å². The minimum atomic E-state index is -0.519. The van der Waals surface area contributed by atoms with Gasteiger partial charge in [0.15, 0.2) is 17.3 Å². The maximum atomic E-state index is 13.6. The first-order valence-corrected chi connectivity index (χ1v) is 12.9. The molecule has 1 aliphatic heterocycles. The molecular formula is C27H32N8O5. The molecule has 0 amide bonds. The lowest BCUT2D eigenvalue weighted by molar-refractivity contribution is -0.384. The number of nitro groups is 1. The predicted octanol–water partition coefficient (Wildman–Crippen LogP) is 3.11. The van der Waals surface area contributed by atoms with E-state index in [1.165, 1.54) is 12.1 Å². The highest BCUT2D eigenvalue weighted by Crippen LogP contribution is 2.34. The number of benzene rings is 2. The third-order valence-electron chi connectivity index (χ3n) is 7.15. The summed E-state index contributed by atoms with van der Waals surface area (Å²) in [4.78, 5) is 31.6. The van der Waals surface area contributed by atoms with E-state index in [9.17, 15) is 14.9 Å². The molecule has 1 saturated heterocycles. The number of aromatic amines is 1. The second-order valence-corrected chi connectivity index (χ2v) is 10.7. The number of fused-ring (bicyclic) bond motifs is 1. The van der Waals surface area contributed by atoms with Crippen LogP contribution in [-0.4, -0.2) is 75.4 Å². The van der Waals surface area contributed by atoms with Crippen molar-refractivity contribution in [2.45, 2.75) is 32.4 Å². The Hall–Kier alpha value is -4.52. The number of ether oxygens (including phenoxy) is 2. The average Bonchev–Trinajstić information content (AvgIpc) is 3.43. The first-order chi connectivity index (χ1) is 19.1. The number of rotatable bonds is 7. The van der Waals surface area contributed by atoms with E-state index >= 15 is 0 Å². The summed E-state index contributed by atoms with van der Waals surface area (Å²) in [6.07, 6.45) is 0. The molecule has 0 bridgehead atoms. The molecule has 210 valence electrons. The first kappa shape index (κ1) is 27.1. The van der Waals surface area contributed by atoms with E-state index < -0.39 is 16.5 Å². The van der Waals surface area contributed by atoms with Crippen molar-refractivity contribution in [1.29, 1.82) is 0 Å². The fourth-order valence-corrected chi connectivity index (χ4v) is 5.12. The summed E-state index contributed by atoms with van der Waals surface area (Å²) in [5, 5.41) is 24.5. The Morgan fingerprint density at radius 1 is 1.00 bits per heavy atom. The van der Waals surface area contributed by atoms with Crippen molar-refractivity contribution in [3.05, 3.63) is 74.3 Å². The zero-order valence-electron chi connectivity index (χ0n) is 23.1. The number of methoxy groups -OCH3 is 2. The molecule has 13 heteroatoms. The summed E-state index contributed by atoms with van der Waals surface area (Å²) in [6, 6.07) is 11.5. The Labute approximate surface area is 230 Å². The number of H-pyrrole nitrogens is 1. The van der Waals surface area contributed by atoms with Crippen LogP contribution in [0.4, 0.5) is 11.4 Å². The topological polar surface area (TPSA) is 145 Å². The quantitative estimate of drug-likeness (QED) is 0.270. The zero-order chi connectivity index (χ0) is 28.6. The number of non-ortho nitro benzene ring substituents is 1. The van der Waals surface area contributed by atoms with Gasteiger partial charge in [0.25, 0.3) is 11.2 Å². The Bertz CT molecular complexity index is 1580. The molecular weight excluding hydrogens is 516 g/mol. The van der Waals surface area contributed by atoms with Crippen molar-refractivity contribution in [3.8, 4) is 11.5 Å². The van der Waals surface area contributed by atoms with E-state index in [1.807, 2.05) is 32.9 Å². The Balaban J connectivity index is 1.54. The number of hydrogen-bond acceptors (Lipinski definition) is 10. The van der Waals surface area contributed by atoms with E-state index in [1.54, 1.807) is 37.1 Å². The van der Waals surface area contributed by atoms with Crippen LogP contribution in [0.3, 0.4) is 0 Å². The van der Waals surface area contributed by atoms with Crippen LogP contribution in [0.1, 0.15) is 38.2 Å². The van der Waals surface area contributed by atoms with Crippen LogP contribution in [0, 0.1) is 10.1 Å². The van der Waals surface area contributed by atoms with Crippen molar-refractivity contribution >= 4 is 22.3 Å². The smallest absolute Gasteiger partial charge is 0.269 e. The normalized spacial score (nSPS) is 15.3. The van der Waals surface area contributed by atoms with Gasteiger partial charge in [-0.15, -0.1) is 5.10 Å². The maximum Gasteiger partial charge on any atom is 0.269 e. The van der Waals surface area contributed by atoms with Gasteiger partial charge in [0.05, 0.1) is 30.2 Å². The number of piperazine rings is 1. The van der Waals surface area contributed by atoms with Crippen LogP contribution in [0.15, 0.2) is 47.3 Å². The van der Waals surface area contributed by atoms with Crippen LogP contribution < -0.4 is 19.9 Å². The van der Waals surface area contributed by atoms with Gasteiger partial charge in [-0.3, -0.25) is 19.8 Å². The molecule has 0 aliphatic carbocycles. The van der Waals surface area contributed by atoms with Crippen molar-refractivity contribution in [2.75, 3.05) is 45.3 Å². The third-order valence-corrected chi connectivity index (χ3v) is 7.15. The molecule has 0 unspecified atom stereocenters. The van der Waals surface area contributed by atoms with Gasteiger partial charge < -0.3 is 19.4 Å². The molecule has 5 rings (SSSR count). The summed E-state index contributed by atoms with van der Waals surface area (Å²) in [5.74, 6) is 1.65. The predicted molar refractivity (Wildman–Crippen MR) is 149 cm³/mol. The van der Waals surface area contributed by atoms with Crippen molar-refractivity contribution in [1.82, 2.24) is 30.1 Å². The summed E-state index contributed by atoms with van der Waals surface area (Å²) >= 11 is 0. The number of anilines is 1. The maximum absolute atomic E-state index is 13.6. The third kappa shape index (κ3) is 5.07. The molecule has 0 radical (unpaired) electrons. The average molecular weight is 549 g/mol. The lowest BCUT2D eigenvalue weighted by atomic mass is 10.0. The van der Waals surface area contributed by atoms with Crippen molar-refractivity contribution < 1.29 is 14.4 Å². The summed E-state index contributed by atoms with van der Waals surface area (Å²) in [7, 11) is 3.12. The SMILES string of the molecule is COc1cc2cc([C@@H](c3nnnn3C(C)(C)C)N3CCN(c4ccc([N+](=O)[O-])cc4)CC3)c(=O)[nH]c2cc1OC. The minimum Gasteiger partial charge on any atom is -0.493 e. The number of hydrogen-bond donors (Lipinski definition) is 1. The van der Waals surface area contributed by atoms with Gasteiger partial charge in [-0.1, -0.05) is 0 Å². The molecule has 0 saturated carbocycles. The monoisotopic (exact) mass is 548 g/mol. The van der Waals surface area contributed by atoms with Gasteiger partial charge >= 0.3 is 0 Å². The van der Waals surface area contributed by atoms with Gasteiger partial charge in [0.1, 0.15) is 6.04 Å². The molecule has 2 aromatic heterocycles. The molecule has 0 spiro atoms. The Kier molecular flexibility index (Phi) is 7.15. The summed E-state index contributed by atoms with van der Waals surface area (Å²) < 4.78 is 12.7. The Morgan fingerprint density at radius 3 is 2.25 bits per heavy atom. The molecule has 1 atom stereocenters. The largest absolute Gasteiger partial charge is 0.493 e. The van der Waals surface area contributed by atoms with Crippen molar-refractivity contribution in [2.24, 2.45) is 0 Å². The lowest BCUT2D eigenvalue weighted by Gasteiger charge is -2.40. The van der Waals surface area contributed by atoms with Crippen molar-refractivity contribution in [3.63, 3.8) is 0 Å². The van der Waals surface area contributed by atoms with E-state index in [4.69, 9.17) is 9.47 Å². The molecule has 1 aliphatic rings. The Morgan fingerprint density at radius 2 is 1.65 bits per heavy atom. The fourth-order valence-electron chi connectivity index (χ4n) is 5.12. The minimum absolute atomic E-state index is 0.0567.